The Bertz CT molecular complexity index is 765. The quantitative estimate of drug-likeness (QED) is 0.676. The molecule has 0 saturated carbocycles. The third-order valence-electron chi connectivity index (χ3n) is 6.32. The number of nitrogens with one attached hydrogen (secondary N) is 2. The molecule has 2 saturated heterocycles. The van der Waals surface area contributed by atoms with Crippen LogP contribution in [0.2, 0.25) is 0 Å². The third kappa shape index (κ3) is 4.87. The van der Waals surface area contributed by atoms with Crippen molar-refractivity contribution >= 4 is 23.3 Å². The van der Waals surface area contributed by atoms with Crippen LogP contribution in [-0.2, 0) is 9.53 Å². The number of carbonyl (C=O) groups excluding carboxylic acids is 2. The van der Waals surface area contributed by atoms with E-state index in [0.717, 1.165) is 30.8 Å². The third-order valence-corrected chi connectivity index (χ3v) is 7.26. The van der Waals surface area contributed by atoms with Crippen molar-refractivity contribution < 1.29 is 14.3 Å². The topological polar surface area (TPSA) is 73.9 Å². The van der Waals surface area contributed by atoms with Crippen LogP contribution in [-0.4, -0.2) is 67.2 Å². The molecule has 164 valence electrons. The minimum absolute atomic E-state index is 0.264. The van der Waals surface area contributed by atoms with Crippen molar-refractivity contribution in [2.24, 2.45) is 0 Å². The first-order chi connectivity index (χ1) is 14.7. The Kier molecular flexibility index (Phi) is 7.07. The van der Waals surface area contributed by atoms with E-state index in [0.29, 0.717) is 30.5 Å². The van der Waals surface area contributed by atoms with Gasteiger partial charge in [-0.15, -0.1) is 11.3 Å². The lowest BCUT2D eigenvalue weighted by molar-refractivity contribution is -0.139. The molecule has 3 aliphatic heterocycles. The van der Waals surface area contributed by atoms with Gasteiger partial charge in [0.25, 0.3) is 0 Å². The molecule has 2 fully saturated rings. The van der Waals surface area contributed by atoms with Crippen molar-refractivity contribution in [1.82, 2.24) is 20.4 Å². The Morgan fingerprint density at radius 2 is 1.97 bits per heavy atom. The Labute approximate surface area is 182 Å². The number of thiophene rings is 1. The molecule has 2 N–H and O–H groups in total. The van der Waals surface area contributed by atoms with Crippen LogP contribution >= 0.6 is 11.3 Å². The molecule has 2 amide bonds. The molecule has 4 rings (SSSR count). The molecular formula is C22H32N4O3S. The molecule has 0 spiro atoms. The predicted molar refractivity (Wildman–Crippen MR) is 117 cm³/mol. The van der Waals surface area contributed by atoms with Gasteiger partial charge < -0.3 is 20.3 Å². The highest BCUT2D eigenvalue weighted by Crippen LogP contribution is 2.31. The number of urea groups is 1. The maximum atomic E-state index is 12.8. The first-order valence-electron chi connectivity index (χ1n) is 11.1. The lowest BCUT2D eigenvalue weighted by atomic mass is 9.98. The van der Waals surface area contributed by atoms with Crippen LogP contribution in [0.1, 0.15) is 49.9 Å². The van der Waals surface area contributed by atoms with Crippen molar-refractivity contribution in [3.05, 3.63) is 33.7 Å². The number of nitrogens with zero attached hydrogens (tertiary/aromatic N) is 2. The lowest BCUT2D eigenvalue weighted by Gasteiger charge is -2.41. The zero-order valence-corrected chi connectivity index (χ0v) is 18.5. The van der Waals surface area contributed by atoms with Gasteiger partial charge in [-0.3, -0.25) is 4.90 Å². The van der Waals surface area contributed by atoms with E-state index >= 15 is 0 Å². The number of rotatable bonds is 6. The Morgan fingerprint density at radius 1 is 1.20 bits per heavy atom. The van der Waals surface area contributed by atoms with E-state index in [1.54, 1.807) is 6.92 Å². The number of amides is 2. The number of piperidine rings is 2. The maximum absolute atomic E-state index is 12.8. The summed E-state index contributed by atoms with van der Waals surface area (Å²) in [4.78, 5) is 31.2. The highest BCUT2D eigenvalue weighted by Gasteiger charge is 2.35. The van der Waals surface area contributed by atoms with Crippen molar-refractivity contribution in [1.29, 1.82) is 0 Å². The minimum atomic E-state index is -0.460. The van der Waals surface area contributed by atoms with E-state index in [2.05, 4.69) is 20.4 Å². The molecule has 1 aromatic heterocycles. The van der Waals surface area contributed by atoms with E-state index in [4.69, 9.17) is 4.74 Å². The molecule has 7 nitrogen and oxygen atoms in total. The summed E-state index contributed by atoms with van der Waals surface area (Å²) >= 11 is 1.53. The molecule has 1 atom stereocenters. The van der Waals surface area contributed by atoms with Gasteiger partial charge >= 0.3 is 12.0 Å². The van der Waals surface area contributed by atoms with Gasteiger partial charge in [-0.25, -0.2) is 9.59 Å². The van der Waals surface area contributed by atoms with Crippen LogP contribution in [0.4, 0.5) is 4.79 Å². The van der Waals surface area contributed by atoms with Gasteiger partial charge in [0.15, 0.2) is 0 Å². The molecule has 30 heavy (non-hydrogen) atoms. The Balaban J connectivity index is 1.48. The van der Waals surface area contributed by atoms with Gasteiger partial charge in [-0.2, -0.15) is 0 Å². The van der Waals surface area contributed by atoms with E-state index < -0.39 is 6.04 Å². The summed E-state index contributed by atoms with van der Waals surface area (Å²) in [7, 11) is 0. The second-order valence-corrected chi connectivity index (χ2v) is 9.24. The van der Waals surface area contributed by atoms with Gasteiger partial charge in [-0.1, -0.05) is 12.5 Å². The Morgan fingerprint density at radius 3 is 2.63 bits per heavy atom. The average Bonchev–Trinajstić information content (AvgIpc) is 3.29. The van der Waals surface area contributed by atoms with Crippen LogP contribution in [0.15, 0.2) is 28.8 Å². The molecule has 4 heterocycles. The van der Waals surface area contributed by atoms with Gasteiger partial charge in [0.2, 0.25) is 0 Å². The van der Waals surface area contributed by atoms with Crippen molar-refractivity contribution in [3.63, 3.8) is 0 Å². The largest absolute Gasteiger partial charge is 0.463 e. The zero-order valence-electron chi connectivity index (χ0n) is 17.7. The van der Waals surface area contributed by atoms with Crippen LogP contribution in [0.5, 0.6) is 0 Å². The number of carbonyl (C=O) groups is 2. The van der Waals surface area contributed by atoms with E-state index in [9.17, 15) is 9.59 Å². The van der Waals surface area contributed by atoms with Gasteiger partial charge in [0.1, 0.15) is 0 Å². The number of ether oxygens (including phenoxy) is 1. The Hall–Kier alpha value is -1.90. The monoisotopic (exact) mass is 432 g/mol. The fraction of sp³-hybridized carbons (Fsp3) is 0.636. The molecular weight excluding hydrogens is 400 g/mol. The second kappa shape index (κ2) is 9.94. The number of esters is 1. The fourth-order valence-electron chi connectivity index (χ4n) is 4.81. The first-order valence-corrected chi connectivity index (χ1v) is 12.0. The van der Waals surface area contributed by atoms with Crippen molar-refractivity contribution in [3.8, 4) is 0 Å². The smallest absolute Gasteiger partial charge is 0.338 e. The number of hydrogen-bond donors (Lipinski definition) is 2. The van der Waals surface area contributed by atoms with Crippen LogP contribution in [0, 0.1) is 0 Å². The SMILES string of the molecule is CCOC(=O)C1=C(CN2CCC(N3CCCCC3)CC2)NC(=O)N[C@H]1c1cccs1. The summed E-state index contributed by atoms with van der Waals surface area (Å²) in [5.41, 5.74) is 1.20. The van der Waals surface area contributed by atoms with Crippen LogP contribution < -0.4 is 10.6 Å². The first kappa shape index (κ1) is 21.3. The second-order valence-electron chi connectivity index (χ2n) is 8.26. The highest BCUT2D eigenvalue weighted by molar-refractivity contribution is 7.10. The average molecular weight is 433 g/mol. The standard InChI is InChI=1S/C22H32N4O3S/c1-2-29-21(27)19-17(23-22(28)24-20(19)18-7-6-14-30-18)15-25-12-8-16(9-13-25)26-10-4-3-5-11-26/h6-7,14,16,20H,2-5,8-13,15H2,1H3,(H2,23,24,28)/t20-/m0/s1. The highest BCUT2D eigenvalue weighted by atomic mass is 32.1. The maximum Gasteiger partial charge on any atom is 0.338 e. The summed E-state index contributed by atoms with van der Waals surface area (Å²) < 4.78 is 5.35. The zero-order chi connectivity index (χ0) is 20.9. The van der Waals surface area contributed by atoms with E-state index in [1.165, 1.54) is 43.7 Å². The molecule has 3 aliphatic rings. The van der Waals surface area contributed by atoms with Crippen molar-refractivity contribution in [2.45, 2.75) is 51.1 Å². The summed E-state index contributed by atoms with van der Waals surface area (Å²) in [6, 6.07) is 3.82. The molecule has 0 bridgehead atoms. The van der Waals surface area contributed by atoms with Crippen LogP contribution in [0.25, 0.3) is 0 Å². The summed E-state index contributed by atoms with van der Waals surface area (Å²) in [5.74, 6) is -0.360. The molecule has 0 unspecified atom stereocenters. The minimum Gasteiger partial charge on any atom is -0.463 e. The molecule has 0 aromatic carbocycles. The summed E-state index contributed by atoms with van der Waals surface area (Å²) in [5, 5.41) is 7.76. The lowest BCUT2D eigenvalue weighted by Crippen LogP contribution is -2.51. The molecule has 1 aromatic rings. The van der Waals surface area contributed by atoms with Gasteiger partial charge in [-0.05, 0) is 57.1 Å². The normalized spacial score (nSPS) is 24.4. The van der Waals surface area contributed by atoms with E-state index in [1.807, 2.05) is 17.5 Å². The number of hydrogen-bond acceptors (Lipinski definition) is 6. The summed E-state index contributed by atoms with van der Waals surface area (Å²) in [6.45, 7) is 7.10. The number of likely N-dealkylation sites (tertiary alicyclic amines) is 2. The van der Waals surface area contributed by atoms with Gasteiger partial charge in [0.05, 0.1) is 18.2 Å². The molecule has 8 heteroatoms. The predicted octanol–water partition coefficient (Wildman–Crippen LogP) is 2.87. The fourth-order valence-corrected chi connectivity index (χ4v) is 5.60. The molecule has 0 aliphatic carbocycles. The summed E-state index contributed by atoms with van der Waals surface area (Å²) in [6.07, 6.45) is 6.28. The van der Waals surface area contributed by atoms with Crippen molar-refractivity contribution in [2.75, 3.05) is 39.3 Å². The van der Waals surface area contributed by atoms with E-state index in [-0.39, 0.29) is 12.0 Å². The molecule has 0 radical (unpaired) electrons. The van der Waals surface area contributed by atoms with Gasteiger partial charge in [0, 0.05) is 36.3 Å². The van der Waals surface area contributed by atoms with Crippen LogP contribution in [0.3, 0.4) is 0 Å².